The first-order valence-electron chi connectivity index (χ1n) is 7.96. The Hall–Kier alpha value is -3.81. The summed E-state index contributed by atoms with van der Waals surface area (Å²) >= 11 is 0. The van der Waals surface area contributed by atoms with Gasteiger partial charge in [0.15, 0.2) is 5.78 Å². The lowest BCUT2D eigenvalue weighted by Gasteiger charge is -2.09. The first kappa shape index (κ1) is 19.5. The molecule has 138 valence electrons. The van der Waals surface area contributed by atoms with Crippen LogP contribution in [-0.4, -0.2) is 29.2 Å². The summed E-state index contributed by atoms with van der Waals surface area (Å²) in [6.45, 7) is 1.80. The SMILES string of the molecule is CCOC(=O)/C=C/C(=O)Nc1ccc([N+](=O)[O-])cc1C(=O)c1ccccc1. The Morgan fingerprint density at radius 1 is 1.11 bits per heavy atom. The van der Waals surface area contributed by atoms with E-state index in [-0.39, 0.29) is 23.5 Å². The van der Waals surface area contributed by atoms with Crippen molar-refractivity contribution in [3.05, 3.63) is 81.9 Å². The van der Waals surface area contributed by atoms with Gasteiger partial charge in [-0.05, 0) is 13.0 Å². The van der Waals surface area contributed by atoms with Gasteiger partial charge in [-0.2, -0.15) is 0 Å². The number of nitro benzene ring substituents is 1. The minimum atomic E-state index is -0.683. The minimum absolute atomic E-state index is 0.0340. The predicted molar refractivity (Wildman–Crippen MR) is 97.4 cm³/mol. The molecule has 0 aliphatic carbocycles. The number of esters is 1. The van der Waals surface area contributed by atoms with Gasteiger partial charge in [-0.15, -0.1) is 0 Å². The van der Waals surface area contributed by atoms with E-state index in [0.717, 1.165) is 18.2 Å². The molecule has 27 heavy (non-hydrogen) atoms. The molecule has 8 heteroatoms. The zero-order valence-corrected chi connectivity index (χ0v) is 14.4. The summed E-state index contributed by atoms with van der Waals surface area (Å²) in [5.41, 5.74) is 0.0890. The number of ketones is 1. The first-order valence-corrected chi connectivity index (χ1v) is 7.96. The lowest BCUT2D eigenvalue weighted by molar-refractivity contribution is -0.384. The Balaban J connectivity index is 2.33. The van der Waals surface area contributed by atoms with Crippen LogP contribution in [0.2, 0.25) is 0 Å². The van der Waals surface area contributed by atoms with Crippen LogP contribution >= 0.6 is 0 Å². The Bertz CT molecular complexity index is 906. The molecule has 0 radical (unpaired) electrons. The monoisotopic (exact) mass is 368 g/mol. The number of ether oxygens (including phenoxy) is 1. The molecule has 0 fully saturated rings. The van der Waals surface area contributed by atoms with E-state index in [1.165, 1.54) is 12.1 Å². The van der Waals surface area contributed by atoms with Crippen molar-refractivity contribution in [3.8, 4) is 0 Å². The van der Waals surface area contributed by atoms with Gasteiger partial charge in [-0.1, -0.05) is 30.3 Å². The molecule has 0 saturated heterocycles. The Morgan fingerprint density at radius 3 is 2.44 bits per heavy atom. The number of carbonyl (C=O) groups excluding carboxylic acids is 3. The van der Waals surface area contributed by atoms with Gasteiger partial charge < -0.3 is 10.1 Å². The third kappa shape index (κ3) is 5.33. The third-order valence-electron chi connectivity index (χ3n) is 3.41. The third-order valence-corrected chi connectivity index (χ3v) is 3.41. The number of hydrogen-bond donors (Lipinski definition) is 1. The van der Waals surface area contributed by atoms with Crippen LogP contribution in [0.3, 0.4) is 0 Å². The highest BCUT2D eigenvalue weighted by molar-refractivity contribution is 6.15. The smallest absolute Gasteiger partial charge is 0.330 e. The van der Waals surface area contributed by atoms with Gasteiger partial charge in [-0.3, -0.25) is 19.7 Å². The van der Waals surface area contributed by atoms with Gasteiger partial charge in [0.2, 0.25) is 5.91 Å². The number of nitrogens with one attached hydrogen (secondary N) is 1. The molecule has 2 aromatic rings. The lowest BCUT2D eigenvalue weighted by Crippen LogP contribution is -2.14. The molecule has 1 amide bonds. The van der Waals surface area contributed by atoms with Crippen LogP contribution in [0, 0.1) is 10.1 Å². The lowest BCUT2D eigenvalue weighted by atomic mass is 10.0. The number of rotatable bonds is 7. The van der Waals surface area contributed by atoms with Crippen LogP contribution in [0.25, 0.3) is 0 Å². The summed E-state index contributed by atoms with van der Waals surface area (Å²) in [5.74, 6) is -1.85. The molecule has 2 rings (SSSR count). The fourth-order valence-corrected chi connectivity index (χ4v) is 2.20. The van der Waals surface area contributed by atoms with E-state index in [4.69, 9.17) is 0 Å². The largest absolute Gasteiger partial charge is 0.463 e. The number of hydrogen-bond acceptors (Lipinski definition) is 6. The van der Waals surface area contributed by atoms with E-state index in [2.05, 4.69) is 10.1 Å². The normalized spacial score (nSPS) is 10.4. The molecular weight excluding hydrogens is 352 g/mol. The van der Waals surface area contributed by atoms with E-state index in [0.29, 0.717) is 5.56 Å². The molecular formula is C19H16N2O6. The van der Waals surface area contributed by atoms with Gasteiger partial charge in [0.1, 0.15) is 0 Å². The fourth-order valence-electron chi connectivity index (χ4n) is 2.20. The zero-order valence-electron chi connectivity index (χ0n) is 14.4. The minimum Gasteiger partial charge on any atom is -0.463 e. The maximum Gasteiger partial charge on any atom is 0.330 e. The second-order valence-corrected chi connectivity index (χ2v) is 5.26. The van der Waals surface area contributed by atoms with Gasteiger partial charge >= 0.3 is 5.97 Å². The molecule has 0 spiro atoms. The number of nitrogens with zero attached hydrogens (tertiary/aromatic N) is 1. The highest BCUT2D eigenvalue weighted by atomic mass is 16.6. The van der Waals surface area contributed by atoms with E-state index < -0.39 is 22.6 Å². The van der Waals surface area contributed by atoms with Crippen molar-refractivity contribution < 1.29 is 24.0 Å². The molecule has 0 aliphatic heterocycles. The number of benzene rings is 2. The standard InChI is InChI=1S/C19H16N2O6/c1-2-27-18(23)11-10-17(22)20-16-9-8-14(21(25)26)12-15(16)19(24)13-6-4-3-5-7-13/h3-12H,2H2,1H3,(H,20,22)/b11-10+. The topological polar surface area (TPSA) is 116 Å². The highest BCUT2D eigenvalue weighted by Gasteiger charge is 2.19. The van der Waals surface area contributed by atoms with Crippen molar-refractivity contribution in [2.75, 3.05) is 11.9 Å². The molecule has 0 aliphatic rings. The second kappa shape index (κ2) is 9.04. The van der Waals surface area contributed by atoms with E-state index in [9.17, 15) is 24.5 Å². The molecule has 2 aromatic carbocycles. The van der Waals surface area contributed by atoms with Crippen molar-refractivity contribution >= 4 is 29.0 Å². The average Bonchev–Trinajstić information content (AvgIpc) is 2.67. The van der Waals surface area contributed by atoms with Gasteiger partial charge in [-0.25, -0.2) is 4.79 Å². The summed E-state index contributed by atoms with van der Waals surface area (Å²) in [6, 6.07) is 11.7. The van der Waals surface area contributed by atoms with Crippen LogP contribution < -0.4 is 5.32 Å². The number of anilines is 1. The van der Waals surface area contributed by atoms with E-state index >= 15 is 0 Å². The maximum absolute atomic E-state index is 12.7. The van der Waals surface area contributed by atoms with Crippen LogP contribution in [0.5, 0.6) is 0 Å². The first-order chi connectivity index (χ1) is 12.9. The summed E-state index contributed by atoms with van der Waals surface area (Å²) in [5, 5.41) is 13.5. The van der Waals surface area contributed by atoms with Crippen molar-refractivity contribution in [2.24, 2.45) is 0 Å². The average molecular weight is 368 g/mol. The molecule has 0 saturated carbocycles. The van der Waals surface area contributed by atoms with Crippen LogP contribution in [0.4, 0.5) is 11.4 Å². The Labute approximate surface area is 154 Å². The summed E-state index contributed by atoms with van der Waals surface area (Å²) < 4.78 is 4.67. The van der Waals surface area contributed by atoms with Gasteiger partial charge in [0.25, 0.3) is 5.69 Å². The maximum atomic E-state index is 12.7. The summed E-state index contributed by atoms with van der Waals surface area (Å²) in [4.78, 5) is 46.4. The van der Waals surface area contributed by atoms with Gasteiger partial charge in [0.05, 0.1) is 22.8 Å². The zero-order chi connectivity index (χ0) is 19.8. The van der Waals surface area contributed by atoms with Crippen molar-refractivity contribution in [1.82, 2.24) is 0 Å². The van der Waals surface area contributed by atoms with Crippen LogP contribution in [-0.2, 0) is 14.3 Å². The molecule has 8 nitrogen and oxygen atoms in total. The molecule has 0 heterocycles. The second-order valence-electron chi connectivity index (χ2n) is 5.26. The number of amides is 1. The molecule has 1 N–H and O–H groups in total. The summed E-state index contributed by atoms with van der Waals surface area (Å²) in [6.07, 6.45) is 1.90. The van der Waals surface area contributed by atoms with Crippen LogP contribution in [0.1, 0.15) is 22.8 Å². The number of nitro groups is 1. The Morgan fingerprint density at radius 2 is 1.81 bits per heavy atom. The molecule has 0 bridgehead atoms. The van der Waals surface area contributed by atoms with Crippen molar-refractivity contribution in [1.29, 1.82) is 0 Å². The van der Waals surface area contributed by atoms with E-state index in [1.807, 2.05) is 0 Å². The molecule has 0 atom stereocenters. The van der Waals surface area contributed by atoms with E-state index in [1.54, 1.807) is 37.3 Å². The fraction of sp³-hybridized carbons (Fsp3) is 0.105. The summed E-state index contributed by atoms with van der Waals surface area (Å²) in [7, 11) is 0. The highest BCUT2D eigenvalue weighted by Crippen LogP contribution is 2.25. The molecule has 0 aromatic heterocycles. The predicted octanol–water partition coefficient (Wildman–Crippen LogP) is 2.88. The number of carbonyl (C=O) groups is 3. The van der Waals surface area contributed by atoms with Crippen molar-refractivity contribution in [2.45, 2.75) is 6.92 Å². The van der Waals surface area contributed by atoms with Crippen LogP contribution in [0.15, 0.2) is 60.7 Å². The number of non-ortho nitro benzene ring substituents is 1. The quantitative estimate of drug-likeness (QED) is 0.264. The van der Waals surface area contributed by atoms with Gasteiger partial charge in [0, 0.05) is 29.8 Å². The Kier molecular flexibility index (Phi) is 6.54. The molecule has 0 unspecified atom stereocenters. The van der Waals surface area contributed by atoms with Crippen molar-refractivity contribution in [3.63, 3.8) is 0 Å².